The first-order valence-corrected chi connectivity index (χ1v) is 12.5. The van der Waals surface area contributed by atoms with Crippen LogP contribution in [0.15, 0.2) is 47.4 Å². The third kappa shape index (κ3) is 6.02. The van der Waals surface area contributed by atoms with E-state index >= 15 is 0 Å². The van der Waals surface area contributed by atoms with E-state index in [0.29, 0.717) is 0 Å². The molecule has 0 radical (unpaired) electrons. The fourth-order valence-corrected chi connectivity index (χ4v) is 4.66. The van der Waals surface area contributed by atoms with Crippen molar-refractivity contribution in [1.82, 2.24) is 14.9 Å². The average molecular weight is 468 g/mol. The van der Waals surface area contributed by atoms with Crippen molar-refractivity contribution in [2.24, 2.45) is 0 Å². The van der Waals surface area contributed by atoms with E-state index in [1.165, 1.54) is 5.52 Å². The van der Waals surface area contributed by atoms with Gasteiger partial charge in [0.05, 0.1) is 11.0 Å². The maximum Gasteiger partial charge on any atom is 0.319 e. The molecular weight excluding hydrogens is 430 g/mol. The summed E-state index contributed by atoms with van der Waals surface area (Å²) in [6.45, 7) is 13.8. The molecule has 0 saturated carbocycles. The number of imidazole rings is 1. The third-order valence-electron chi connectivity index (χ3n) is 5.76. The molecule has 0 spiro atoms. The summed E-state index contributed by atoms with van der Waals surface area (Å²) in [5.74, 6) is 1.11. The highest BCUT2D eigenvalue weighted by atomic mass is 32.2. The molecule has 2 aromatic carbocycles. The first kappa shape index (κ1) is 25.0. The Bertz CT molecular complexity index is 1080. The second-order valence-corrected chi connectivity index (χ2v) is 10.5. The Kier molecular flexibility index (Phi) is 7.95. The van der Waals surface area contributed by atoms with Crippen LogP contribution in [0.3, 0.4) is 0 Å². The number of nitrogens with one attached hydrogen (secondary N) is 2. The summed E-state index contributed by atoms with van der Waals surface area (Å²) in [4.78, 5) is 18.2. The maximum absolute atomic E-state index is 12.2. The summed E-state index contributed by atoms with van der Waals surface area (Å²) in [7, 11) is 2.06. The van der Waals surface area contributed by atoms with Crippen LogP contribution in [0.1, 0.15) is 60.2 Å². The van der Waals surface area contributed by atoms with Crippen LogP contribution in [0.2, 0.25) is 0 Å². The number of hydrogen-bond donors (Lipinski definition) is 2. The van der Waals surface area contributed by atoms with Crippen LogP contribution >= 0.6 is 11.9 Å². The molecule has 0 aliphatic heterocycles. The lowest BCUT2D eigenvalue weighted by atomic mass is 9.96. The molecule has 1 aromatic heterocycles. The lowest BCUT2D eigenvalue weighted by molar-refractivity contribution is 0.247. The van der Waals surface area contributed by atoms with Crippen molar-refractivity contribution in [3.63, 3.8) is 0 Å². The standard InChI is InChI=1S/C26H37N5OS/c1-8-18(9-2)27-25(32)28-19-11-14-21(15-12-19)33-30(7)20-13-16-23-22(17-20)29-24(26(4,5)6)31(23)10-3/h11-18H,8-10H2,1-7H3,(H2,27,28,32). The highest BCUT2D eigenvalue weighted by Gasteiger charge is 2.22. The van der Waals surface area contributed by atoms with E-state index in [9.17, 15) is 4.79 Å². The van der Waals surface area contributed by atoms with Crippen LogP contribution in [0.25, 0.3) is 11.0 Å². The van der Waals surface area contributed by atoms with Gasteiger partial charge >= 0.3 is 6.03 Å². The Morgan fingerprint density at radius 2 is 1.76 bits per heavy atom. The molecule has 0 saturated heterocycles. The second kappa shape index (κ2) is 10.5. The molecule has 33 heavy (non-hydrogen) atoms. The van der Waals surface area contributed by atoms with Gasteiger partial charge in [-0.25, -0.2) is 9.78 Å². The lowest BCUT2D eigenvalue weighted by Crippen LogP contribution is -2.37. The van der Waals surface area contributed by atoms with Crippen LogP contribution in [0.5, 0.6) is 0 Å². The fourth-order valence-electron chi connectivity index (χ4n) is 3.86. The number of hydrogen-bond acceptors (Lipinski definition) is 4. The zero-order chi connectivity index (χ0) is 24.2. The van der Waals surface area contributed by atoms with Gasteiger partial charge in [0.25, 0.3) is 0 Å². The first-order valence-electron chi connectivity index (χ1n) is 11.8. The van der Waals surface area contributed by atoms with Crippen molar-refractivity contribution < 1.29 is 4.79 Å². The number of carbonyl (C=O) groups is 1. The van der Waals surface area contributed by atoms with Gasteiger partial charge < -0.3 is 19.5 Å². The lowest BCUT2D eigenvalue weighted by Gasteiger charge is -2.19. The number of amides is 2. The molecule has 0 bridgehead atoms. The zero-order valence-electron chi connectivity index (χ0n) is 20.9. The normalized spacial score (nSPS) is 11.8. The molecule has 2 N–H and O–H groups in total. The van der Waals surface area contributed by atoms with Crippen LogP contribution < -0.4 is 14.9 Å². The molecule has 0 atom stereocenters. The topological polar surface area (TPSA) is 62.2 Å². The summed E-state index contributed by atoms with van der Waals surface area (Å²) >= 11 is 1.64. The number of benzene rings is 2. The van der Waals surface area contributed by atoms with Gasteiger partial charge in [-0.05, 0) is 74.2 Å². The quantitative estimate of drug-likeness (QED) is 0.357. The van der Waals surface area contributed by atoms with E-state index in [0.717, 1.165) is 47.0 Å². The summed E-state index contributed by atoms with van der Waals surface area (Å²) in [6, 6.07) is 14.4. The van der Waals surface area contributed by atoms with E-state index in [-0.39, 0.29) is 17.5 Å². The molecule has 178 valence electrons. The SMILES string of the molecule is CCC(CC)NC(=O)Nc1ccc(SN(C)c2ccc3c(c2)nc(C(C)(C)C)n3CC)cc1. The predicted molar refractivity (Wildman–Crippen MR) is 141 cm³/mol. The van der Waals surface area contributed by atoms with E-state index in [1.54, 1.807) is 11.9 Å². The molecule has 6 nitrogen and oxygen atoms in total. The number of aromatic nitrogens is 2. The van der Waals surface area contributed by atoms with E-state index in [1.807, 2.05) is 24.3 Å². The molecule has 0 aliphatic carbocycles. The highest BCUT2D eigenvalue weighted by molar-refractivity contribution is 8.00. The smallest absolute Gasteiger partial charge is 0.319 e. The van der Waals surface area contributed by atoms with Crippen molar-refractivity contribution in [2.45, 2.75) is 77.3 Å². The molecule has 3 aromatic rings. The minimum atomic E-state index is -0.157. The summed E-state index contributed by atoms with van der Waals surface area (Å²) in [5.41, 5.74) is 4.07. The van der Waals surface area contributed by atoms with Gasteiger partial charge in [-0.15, -0.1) is 0 Å². The van der Waals surface area contributed by atoms with E-state index in [2.05, 4.69) is 86.3 Å². The monoisotopic (exact) mass is 467 g/mol. The number of carbonyl (C=O) groups excluding carboxylic acids is 1. The van der Waals surface area contributed by atoms with Crippen molar-refractivity contribution in [3.05, 3.63) is 48.3 Å². The molecule has 7 heteroatoms. The van der Waals surface area contributed by atoms with Gasteiger partial charge in [-0.1, -0.05) is 34.6 Å². The summed E-state index contributed by atoms with van der Waals surface area (Å²) in [6.07, 6.45) is 1.85. The first-order chi connectivity index (χ1) is 15.7. The number of urea groups is 1. The van der Waals surface area contributed by atoms with Gasteiger partial charge in [-0.2, -0.15) is 0 Å². The maximum atomic E-state index is 12.2. The number of rotatable bonds is 8. The summed E-state index contributed by atoms with van der Waals surface area (Å²) < 4.78 is 4.45. The average Bonchev–Trinajstić information content (AvgIpc) is 3.17. The number of fused-ring (bicyclic) bond motifs is 1. The molecule has 0 unspecified atom stereocenters. The van der Waals surface area contributed by atoms with Gasteiger partial charge in [-0.3, -0.25) is 0 Å². The highest BCUT2D eigenvalue weighted by Crippen LogP contribution is 2.32. The molecular formula is C26H37N5OS. The van der Waals surface area contributed by atoms with Crippen LogP contribution in [-0.2, 0) is 12.0 Å². The van der Waals surface area contributed by atoms with Gasteiger partial charge in [0, 0.05) is 41.3 Å². The second-order valence-electron chi connectivity index (χ2n) is 9.33. The zero-order valence-corrected chi connectivity index (χ0v) is 21.7. The number of anilines is 2. The Balaban J connectivity index is 1.69. The Morgan fingerprint density at radius 3 is 2.33 bits per heavy atom. The Labute approximate surface area is 202 Å². The minimum Gasteiger partial charge on any atom is -0.335 e. The molecule has 0 aliphatic rings. The molecule has 0 fully saturated rings. The molecule has 1 heterocycles. The van der Waals surface area contributed by atoms with E-state index < -0.39 is 0 Å². The van der Waals surface area contributed by atoms with Crippen molar-refractivity contribution in [3.8, 4) is 0 Å². The Hall–Kier alpha value is -2.67. The van der Waals surface area contributed by atoms with Crippen LogP contribution in [-0.4, -0.2) is 28.7 Å². The van der Waals surface area contributed by atoms with E-state index in [4.69, 9.17) is 4.98 Å². The third-order valence-corrected chi connectivity index (χ3v) is 6.73. The van der Waals surface area contributed by atoms with Gasteiger partial charge in [0.15, 0.2) is 0 Å². The predicted octanol–water partition coefficient (Wildman–Crippen LogP) is 6.81. The van der Waals surface area contributed by atoms with Gasteiger partial charge in [0.2, 0.25) is 0 Å². The Morgan fingerprint density at radius 1 is 1.09 bits per heavy atom. The number of nitrogens with zero attached hydrogens (tertiary/aromatic N) is 3. The van der Waals surface area contributed by atoms with Crippen LogP contribution in [0, 0.1) is 0 Å². The van der Waals surface area contributed by atoms with Crippen molar-refractivity contribution >= 4 is 40.4 Å². The largest absolute Gasteiger partial charge is 0.335 e. The van der Waals surface area contributed by atoms with Crippen LogP contribution in [0.4, 0.5) is 16.2 Å². The minimum absolute atomic E-state index is 0.00345. The fraction of sp³-hybridized carbons (Fsp3) is 0.462. The van der Waals surface area contributed by atoms with Crippen molar-refractivity contribution in [2.75, 3.05) is 16.7 Å². The van der Waals surface area contributed by atoms with Crippen molar-refractivity contribution in [1.29, 1.82) is 0 Å². The summed E-state index contributed by atoms with van der Waals surface area (Å²) in [5, 5.41) is 5.91. The molecule has 2 amide bonds. The molecule has 3 rings (SSSR count). The van der Waals surface area contributed by atoms with Gasteiger partial charge in [0.1, 0.15) is 5.82 Å². The number of aryl methyl sites for hydroxylation is 1.